The Balaban J connectivity index is 1.56. The number of urea groups is 1. The predicted molar refractivity (Wildman–Crippen MR) is 82.6 cm³/mol. The van der Waals surface area contributed by atoms with Crippen LogP contribution in [-0.4, -0.2) is 29.8 Å². The number of amides is 2. The van der Waals surface area contributed by atoms with Crippen molar-refractivity contribution in [2.75, 3.05) is 13.1 Å². The Hall–Kier alpha value is -1.76. The number of carbonyl (C=O) groups is 1. The highest BCUT2D eigenvalue weighted by Crippen LogP contribution is 2.48. The van der Waals surface area contributed by atoms with Crippen LogP contribution >= 0.6 is 0 Å². The second-order valence-corrected chi connectivity index (χ2v) is 6.97. The SMILES string of the molecule is O=C(NCC1(O)CCC1)NCC1(c2cccc(C(F)(F)F)c2)CC1. The minimum atomic E-state index is -4.37. The average Bonchev–Trinajstić information content (AvgIpc) is 3.30. The highest BCUT2D eigenvalue weighted by Gasteiger charge is 2.45. The summed E-state index contributed by atoms with van der Waals surface area (Å²) >= 11 is 0. The lowest BCUT2D eigenvalue weighted by Crippen LogP contribution is -2.50. The van der Waals surface area contributed by atoms with Gasteiger partial charge in [-0.1, -0.05) is 18.2 Å². The third-order valence-corrected chi connectivity index (χ3v) is 5.11. The van der Waals surface area contributed by atoms with Gasteiger partial charge in [-0.2, -0.15) is 13.2 Å². The number of hydrogen-bond donors (Lipinski definition) is 3. The number of nitrogens with one attached hydrogen (secondary N) is 2. The molecule has 0 aliphatic heterocycles. The van der Waals surface area contributed by atoms with E-state index in [1.54, 1.807) is 6.07 Å². The van der Waals surface area contributed by atoms with Gasteiger partial charge in [-0.25, -0.2) is 4.79 Å². The molecule has 0 atom stereocenters. The van der Waals surface area contributed by atoms with Gasteiger partial charge in [-0.15, -0.1) is 0 Å². The number of benzene rings is 1. The summed E-state index contributed by atoms with van der Waals surface area (Å²) in [6.07, 6.45) is -0.548. The van der Waals surface area contributed by atoms with Crippen molar-refractivity contribution >= 4 is 6.03 Å². The normalized spacial score (nSPS) is 20.8. The first-order valence-corrected chi connectivity index (χ1v) is 8.14. The monoisotopic (exact) mass is 342 g/mol. The largest absolute Gasteiger partial charge is 0.416 e. The van der Waals surface area contributed by atoms with Gasteiger partial charge in [0.2, 0.25) is 0 Å². The number of halogens is 3. The van der Waals surface area contributed by atoms with Crippen LogP contribution < -0.4 is 10.6 Å². The van der Waals surface area contributed by atoms with Crippen LogP contribution in [0.3, 0.4) is 0 Å². The zero-order valence-corrected chi connectivity index (χ0v) is 13.2. The first kappa shape index (κ1) is 17.1. The van der Waals surface area contributed by atoms with Gasteiger partial charge >= 0.3 is 12.2 Å². The van der Waals surface area contributed by atoms with Crippen LogP contribution in [0.5, 0.6) is 0 Å². The van der Waals surface area contributed by atoms with Crippen molar-refractivity contribution in [2.24, 2.45) is 0 Å². The van der Waals surface area contributed by atoms with E-state index in [4.69, 9.17) is 0 Å². The molecule has 0 aromatic heterocycles. The van der Waals surface area contributed by atoms with Crippen molar-refractivity contribution in [2.45, 2.75) is 49.3 Å². The zero-order valence-electron chi connectivity index (χ0n) is 13.2. The summed E-state index contributed by atoms with van der Waals surface area (Å²) < 4.78 is 38.5. The number of aliphatic hydroxyl groups is 1. The van der Waals surface area contributed by atoms with Gasteiger partial charge in [-0.3, -0.25) is 0 Å². The fraction of sp³-hybridized carbons (Fsp3) is 0.588. The maximum atomic E-state index is 12.8. The smallest absolute Gasteiger partial charge is 0.388 e. The molecule has 4 nitrogen and oxygen atoms in total. The van der Waals surface area contributed by atoms with E-state index in [1.165, 1.54) is 12.1 Å². The Morgan fingerprint density at radius 3 is 2.33 bits per heavy atom. The predicted octanol–water partition coefficient (Wildman–Crippen LogP) is 2.95. The summed E-state index contributed by atoms with van der Waals surface area (Å²) in [6.45, 7) is 0.494. The van der Waals surface area contributed by atoms with Gasteiger partial charge in [0.25, 0.3) is 0 Å². The Bertz CT molecular complexity index is 623. The lowest BCUT2D eigenvalue weighted by Gasteiger charge is -2.36. The van der Waals surface area contributed by atoms with Gasteiger partial charge < -0.3 is 15.7 Å². The van der Waals surface area contributed by atoms with E-state index in [0.717, 1.165) is 25.3 Å². The number of alkyl halides is 3. The fourth-order valence-electron chi connectivity index (χ4n) is 3.06. The Kier molecular flexibility index (Phi) is 4.23. The molecule has 0 spiro atoms. The third-order valence-electron chi connectivity index (χ3n) is 5.11. The molecule has 132 valence electrons. The highest BCUT2D eigenvalue weighted by molar-refractivity contribution is 5.74. The van der Waals surface area contributed by atoms with Crippen LogP contribution in [0.2, 0.25) is 0 Å². The minimum absolute atomic E-state index is 0.204. The molecule has 2 saturated carbocycles. The number of hydrogen-bond acceptors (Lipinski definition) is 2. The van der Waals surface area contributed by atoms with Crippen molar-refractivity contribution in [3.8, 4) is 0 Å². The number of rotatable bonds is 5. The molecule has 0 saturated heterocycles. The topological polar surface area (TPSA) is 61.4 Å². The number of carbonyl (C=O) groups excluding carboxylic acids is 1. The molecule has 3 rings (SSSR count). The van der Waals surface area contributed by atoms with E-state index in [2.05, 4.69) is 10.6 Å². The van der Waals surface area contributed by atoms with E-state index >= 15 is 0 Å². The van der Waals surface area contributed by atoms with Gasteiger partial charge in [0.1, 0.15) is 0 Å². The van der Waals surface area contributed by atoms with Crippen molar-refractivity contribution in [3.63, 3.8) is 0 Å². The van der Waals surface area contributed by atoms with E-state index in [9.17, 15) is 23.1 Å². The van der Waals surface area contributed by atoms with Gasteiger partial charge in [-0.05, 0) is 43.7 Å². The third kappa shape index (κ3) is 3.66. The molecule has 1 aromatic carbocycles. The van der Waals surface area contributed by atoms with E-state index in [0.29, 0.717) is 24.9 Å². The van der Waals surface area contributed by atoms with Crippen molar-refractivity contribution in [3.05, 3.63) is 35.4 Å². The van der Waals surface area contributed by atoms with Gasteiger partial charge in [0, 0.05) is 18.5 Å². The van der Waals surface area contributed by atoms with Gasteiger partial charge in [0.15, 0.2) is 0 Å². The maximum Gasteiger partial charge on any atom is 0.416 e. The van der Waals surface area contributed by atoms with Crippen LogP contribution in [0.15, 0.2) is 24.3 Å². The van der Waals surface area contributed by atoms with Crippen LogP contribution in [0.25, 0.3) is 0 Å². The lowest BCUT2D eigenvalue weighted by atomic mass is 9.80. The molecule has 1 aromatic rings. The summed E-state index contributed by atoms with van der Waals surface area (Å²) in [5.41, 5.74) is -1.26. The summed E-state index contributed by atoms with van der Waals surface area (Å²) in [6, 6.07) is 4.92. The molecule has 2 aliphatic rings. The fourth-order valence-corrected chi connectivity index (χ4v) is 3.06. The molecule has 0 bridgehead atoms. The summed E-state index contributed by atoms with van der Waals surface area (Å²) in [7, 11) is 0. The van der Waals surface area contributed by atoms with Crippen LogP contribution in [0.4, 0.5) is 18.0 Å². The van der Waals surface area contributed by atoms with E-state index in [-0.39, 0.29) is 6.54 Å². The lowest BCUT2D eigenvalue weighted by molar-refractivity contribution is -0.137. The minimum Gasteiger partial charge on any atom is -0.388 e. The summed E-state index contributed by atoms with van der Waals surface area (Å²) in [4.78, 5) is 11.8. The molecular weight excluding hydrogens is 321 g/mol. The Morgan fingerprint density at radius 2 is 1.79 bits per heavy atom. The first-order chi connectivity index (χ1) is 11.2. The second-order valence-electron chi connectivity index (χ2n) is 6.97. The molecule has 0 unspecified atom stereocenters. The van der Waals surface area contributed by atoms with Gasteiger partial charge in [0.05, 0.1) is 11.2 Å². The van der Waals surface area contributed by atoms with E-state index in [1.807, 2.05) is 0 Å². The van der Waals surface area contributed by atoms with Crippen molar-refractivity contribution in [1.82, 2.24) is 10.6 Å². The molecule has 2 fully saturated rings. The quantitative estimate of drug-likeness (QED) is 0.770. The van der Waals surface area contributed by atoms with Crippen molar-refractivity contribution < 1.29 is 23.1 Å². The molecule has 2 amide bonds. The zero-order chi connectivity index (χ0) is 17.4. The molecular formula is C17H21F3N2O2. The Labute approximate surface area is 138 Å². The second kappa shape index (κ2) is 5.95. The maximum absolute atomic E-state index is 12.8. The van der Waals surface area contributed by atoms with Crippen LogP contribution in [0, 0.1) is 0 Å². The molecule has 7 heteroatoms. The first-order valence-electron chi connectivity index (χ1n) is 8.14. The summed E-state index contributed by atoms with van der Waals surface area (Å²) in [5.74, 6) is 0. The van der Waals surface area contributed by atoms with Crippen LogP contribution in [0.1, 0.15) is 43.2 Å². The highest BCUT2D eigenvalue weighted by atomic mass is 19.4. The average molecular weight is 342 g/mol. The molecule has 0 heterocycles. The molecule has 2 aliphatic carbocycles. The molecule has 3 N–H and O–H groups in total. The van der Waals surface area contributed by atoms with E-state index < -0.39 is 28.8 Å². The summed E-state index contributed by atoms with van der Waals surface area (Å²) in [5, 5.41) is 15.3. The van der Waals surface area contributed by atoms with Crippen LogP contribution in [-0.2, 0) is 11.6 Å². The molecule has 0 radical (unpaired) electrons. The Morgan fingerprint density at radius 1 is 1.12 bits per heavy atom. The molecule has 24 heavy (non-hydrogen) atoms. The standard InChI is InChI=1S/C17H21F3N2O2/c18-17(19,20)13-4-1-3-12(9-13)15(7-8-15)10-21-14(23)22-11-16(24)5-2-6-16/h1,3-4,9,24H,2,5-8,10-11H2,(H2,21,22,23). The van der Waals surface area contributed by atoms with Crippen molar-refractivity contribution in [1.29, 1.82) is 0 Å².